The summed E-state index contributed by atoms with van der Waals surface area (Å²) in [5.74, 6) is -0.651. The summed E-state index contributed by atoms with van der Waals surface area (Å²) in [7, 11) is 1.35. The van der Waals surface area contributed by atoms with Crippen molar-refractivity contribution in [3.8, 4) is 0 Å². The Kier molecular flexibility index (Phi) is 5.31. The average Bonchev–Trinajstić information content (AvgIpc) is 3.25. The number of amides is 1. The number of nitrogens with one attached hydrogen (secondary N) is 1. The van der Waals surface area contributed by atoms with Crippen LogP contribution < -0.4 is 5.32 Å². The Morgan fingerprint density at radius 3 is 2.52 bits per heavy atom. The van der Waals surface area contributed by atoms with Crippen molar-refractivity contribution in [3.05, 3.63) is 74.3 Å². The zero-order valence-electron chi connectivity index (χ0n) is 13.9. The molecule has 25 heavy (non-hydrogen) atoms. The number of ether oxygens (including phenoxy) is 1. The van der Waals surface area contributed by atoms with Crippen LogP contribution >= 0.6 is 22.7 Å². The predicted molar refractivity (Wildman–Crippen MR) is 102 cm³/mol. The molecule has 0 radical (unpaired) electrons. The molecule has 0 aliphatic rings. The minimum absolute atomic E-state index is 0.215. The monoisotopic (exact) mass is 371 g/mol. The van der Waals surface area contributed by atoms with Crippen molar-refractivity contribution in [2.24, 2.45) is 0 Å². The van der Waals surface area contributed by atoms with Crippen LogP contribution in [0.2, 0.25) is 0 Å². The minimum Gasteiger partial charge on any atom is -0.465 e. The Morgan fingerprint density at radius 1 is 1.12 bits per heavy atom. The number of carbonyl (C=O) groups excluding carboxylic acids is 2. The number of esters is 1. The van der Waals surface area contributed by atoms with E-state index in [2.05, 4.69) is 5.32 Å². The van der Waals surface area contributed by atoms with Crippen molar-refractivity contribution in [3.63, 3.8) is 0 Å². The van der Waals surface area contributed by atoms with Gasteiger partial charge in [0.15, 0.2) is 0 Å². The molecule has 0 saturated heterocycles. The molecular formula is C19H17NO3S2. The van der Waals surface area contributed by atoms with Crippen LogP contribution in [0.3, 0.4) is 0 Å². The largest absolute Gasteiger partial charge is 0.465 e. The molecule has 4 nitrogen and oxygen atoms in total. The normalized spacial score (nSPS) is 10.5. The maximum absolute atomic E-state index is 12.4. The molecule has 3 rings (SSSR count). The van der Waals surface area contributed by atoms with Crippen molar-refractivity contribution < 1.29 is 14.3 Å². The molecule has 0 atom stereocenters. The highest BCUT2D eigenvalue weighted by molar-refractivity contribution is 7.17. The van der Waals surface area contributed by atoms with Crippen LogP contribution in [0, 0.1) is 6.92 Å². The van der Waals surface area contributed by atoms with Gasteiger partial charge in [0, 0.05) is 11.3 Å². The number of carbonyl (C=O) groups is 2. The second kappa shape index (κ2) is 7.63. The van der Waals surface area contributed by atoms with Gasteiger partial charge in [0.25, 0.3) is 5.91 Å². The summed E-state index contributed by atoms with van der Waals surface area (Å²) in [6, 6.07) is 13.6. The molecule has 1 aromatic carbocycles. The third-order valence-corrected chi connectivity index (χ3v) is 5.89. The fourth-order valence-corrected chi connectivity index (χ4v) is 4.36. The summed E-state index contributed by atoms with van der Waals surface area (Å²) in [5.41, 5.74) is 2.44. The second-order valence-electron chi connectivity index (χ2n) is 5.44. The van der Waals surface area contributed by atoms with Crippen molar-refractivity contribution >= 4 is 39.6 Å². The van der Waals surface area contributed by atoms with Crippen molar-refractivity contribution in [1.29, 1.82) is 0 Å². The first-order chi connectivity index (χ1) is 12.1. The molecule has 1 N–H and O–H groups in total. The standard InChI is InChI=1S/C19H17NO3S2/c1-12-15(11-13-7-4-3-5-8-13)25-18(16(12)19(22)23-2)20-17(21)14-9-6-10-24-14/h3-10H,11H2,1-2H3,(H,20,21). The summed E-state index contributed by atoms with van der Waals surface area (Å²) in [6.45, 7) is 1.89. The lowest BCUT2D eigenvalue weighted by atomic mass is 10.1. The first kappa shape index (κ1) is 17.4. The number of thiophene rings is 2. The number of hydrogen-bond donors (Lipinski definition) is 1. The molecule has 2 heterocycles. The highest BCUT2D eigenvalue weighted by Crippen LogP contribution is 2.35. The summed E-state index contributed by atoms with van der Waals surface area (Å²) in [4.78, 5) is 26.2. The maximum Gasteiger partial charge on any atom is 0.341 e. The van der Waals surface area contributed by atoms with Crippen LogP contribution in [0.1, 0.15) is 36.0 Å². The van der Waals surface area contributed by atoms with Gasteiger partial charge in [-0.1, -0.05) is 36.4 Å². The maximum atomic E-state index is 12.4. The van der Waals surface area contributed by atoms with Crippen molar-refractivity contribution in [1.82, 2.24) is 0 Å². The van der Waals surface area contributed by atoms with Gasteiger partial charge >= 0.3 is 5.97 Å². The van der Waals surface area contributed by atoms with Gasteiger partial charge in [0.1, 0.15) is 5.00 Å². The fourth-order valence-electron chi connectivity index (χ4n) is 2.52. The lowest BCUT2D eigenvalue weighted by molar-refractivity contribution is 0.0601. The lowest BCUT2D eigenvalue weighted by Crippen LogP contribution is -2.13. The predicted octanol–water partition coefficient (Wildman–Crippen LogP) is 4.75. The van der Waals surface area contributed by atoms with E-state index in [9.17, 15) is 9.59 Å². The molecule has 0 unspecified atom stereocenters. The smallest absolute Gasteiger partial charge is 0.341 e. The number of rotatable bonds is 5. The van der Waals surface area contributed by atoms with Gasteiger partial charge in [-0.15, -0.1) is 22.7 Å². The number of benzene rings is 1. The Hall–Kier alpha value is -2.44. The Balaban J connectivity index is 1.94. The zero-order chi connectivity index (χ0) is 17.8. The Morgan fingerprint density at radius 2 is 1.88 bits per heavy atom. The molecule has 0 aliphatic carbocycles. The van der Waals surface area contributed by atoms with E-state index in [0.29, 0.717) is 21.9 Å². The van der Waals surface area contributed by atoms with E-state index in [4.69, 9.17) is 4.74 Å². The molecule has 3 aromatic rings. The molecule has 6 heteroatoms. The van der Waals surface area contributed by atoms with Gasteiger partial charge in [-0.3, -0.25) is 4.79 Å². The quantitative estimate of drug-likeness (QED) is 0.659. The minimum atomic E-state index is -0.436. The summed E-state index contributed by atoms with van der Waals surface area (Å²) < 4.78 is 4.91. The molecule has 128 valence electrons. The summed E-state index contributed by atoms with van der Waals surface area (Å²) >= 11 is 2.78. The summed E-state index contributed by atoms with van der Waals surface area (Å²) in [5, 5.41) is 5.24. The molecular weight excluding hydrogens is 354 g/mol. The first-order valence-corrected chi connectivity index (χ1v) is 9.39. The average molecular weight is 371 g/mol. The van der Waals surface area contributed by atoms with E-state index in [1.165, 1.54) is 29.8 Å². The van der Waals surface area contributed by atoms with E-state index in [-0.39, 0.29) is 5.91 Å². The molecule has 1 amide bonds. The molecule has 0 fully saturated rings. The van der Waals surface area contributed by atoms with E-state index in [1.54, 1.807) is 6.07 Å². The lowest BCUT2D eigenvalue weighted by Gasteiger charge is -2.05. The third-order valence-electron chi connectivity index (χ3n) is 3.81. The van der Waals surface area contributed by atoms with Gasteiger partial charge in [0.2, 0.25) is 0 Å². The highest BCUT2D eigenvalue weighted by atomic mass is 32.1. The zero-order valence-corrected chi connectivity index (χ0v) is 15.5. The molecule has 0 aliphatic heterocycles. The Bertz CT molecular complexity index is 883. The van der Waals surface area contributed by atoms with E-state index < -0.39 is 5.97 Å². The van der Waals surface area contributed by atoms with Gasteiger partial charge in [-0.2, -0.15) is 0 Å². The molecule has 0 bridgehead atoms. The SMILES string of the molecule is COC(=O)c1c(NC(=O)c2cccs2)sc(Cc2ccccc2)c1C. The number of hydrogen-bond acceptors (Lipinski definition) is 5. The first-order valence-electron chi connectivity index (χ1n) is 7.69. The number of anilines is 1. The molecule has 2 aromatic heterocycles. The summed E-state index contributed by atoms with van der Waals surface area (Å²) in [6.07, 6.45) is 0.705. The molecule has 0 spiro atoms. The van der Waals surface area contributed by atoms with Gasteiger partial charge in [-0.25, -0.2) is 4.79 Å². The van der Waals surface area contributed by atoms with Gasteiger partial charge < -0.3 is 10.1 Å². The van der Waals surface area contributed by atoms with Crippen LogP contribution in [0.15, 0.2) is 47.8 Å². The van der Waals surface area contributed by atoms with Crippen LogP contribution in [0.4, 0.5) is 5.00 Å². The van der Waals surface area contributed by atoms with Crippen molar-refractivity contribution in [2.45, 2.75) is 13.3 Å². The van der Waals surface area contributed by atoms with E-state index >= 15 is 0 Å². The van der Waals surface area contributed by atoms with Crippen molar-refractivity contribution in [2.75, 3.05) is 12.4 Å². The van der Waals surface area contributed by atoms with Gasteiger partial charge in [-0.05, 0) is 29.5 Å². The third kappa shape index (κ3) is 3.81. The van der Waals surface area contributed by atoms with Crippen LogP contribution in [-0.4, -0.2) is 19.0 Å². The van der Waals surface area contributed by atoms with E-state index in [0.717, 1.165) is 16.0 Å². The number of methoxy groups -OCH3 is 1. The van der Waals surface area contributed by atoms with Crippen LogP contribution in [0.25, 0.3) is 0 Å². The topological polar surface area (TPSA) is 55.4 Å². The van der Waals surface area contributed by atoms with Crippen LogP contribution in [-0.2, 0) is 11.2 Å². The Labute approximate surface area is 154 Å². The van der Waals surface area contributed by atoms with Gasteiger partial charge in [0.05, 0.1) is 17.6 Å². The fraction of sp³-hybridized carbons (Fsp3) is 0.158. The van der Waals surface area contributed by atoms with E-state index in [1.807, 2.05) is 48.7 Å². The highest BCUT2D eigenvalue weighted by Gasteiger charge is 2.23. The molecule has 0 saturated carbocycles. The second-order valence-corrected chi connectivity index (χ2v) is 7.49. The van der Waals surface area contributed by atoms with Crippen LogP contribution in [0.5, 0.6) is 0 Å².